The number of rotatable bonds is 13. The first-order valence-electron chi connectivity index (χ1n) is 14.2. The van der Waals surface area contributed by atoms with Crippen LogP contribution in [0.5, 0.6) is 0 Å². The van der Waals surface area contributed by atoms with Gasteiger partial charge in [-0.2, -0.15) is 14.4 Å². The molecule has 1 saturated carbocycles. The molecule has 1 saturated heterocycles. The Morgan fingerprint density at radius 2 is 1.95 bits per heavy atom. The molecule has 0 bridgehead atoms. The van der Waals surface area contributed by atoms with Crippen LogP contribution in [0.25, 0.3) is 0 Å². The standard InChI is InChI=1S/C29H41ClFN7O3/c1-29(2)15-23(36(3)4)17-38(29)26-24(31)25(32-28(30)33-26)34-35-27(40)22(14-20-10-8-9-11-20)16-37(19-39)41-18-21-12-6-5-7-13-21/h5-7,12-13,19-20,22-23H,8-11,14-18H2,1-4H3,(H,35,40)(H,32,33,34)/t22-,23?/m1/s1. The highest BCUT2D eigenvalue weighted by Gasteiger charge is 2.42. The molecule has 2 aromatic rings. The molecule has 1 aliphatic carbocycles. The number of carbonyl (C=O) groups excluding carboxylic acids is 2. The third-order valence-corrected chi connectivity index (χ3v) is 8.35. The summed E-state index contributed by atoms with van der Waals surface area (Å²) in [5, 5.41) is 1.02. The SMILES string of the molecule is CN(C)C1CN(c2nc(Cl)nc(NNC(=O)[C@H](CC3CCCC3)CN(C=O)OCc3ccccc3)c2F)C(C)(C)C1. The van der Waals surface area contributed by atoms with Crippen LogP contribution >= 0.6 is 11.6 Å². The van der Waals surface area contributed by atoms with Crippen LogP contribution < -0.4 is 15.8 Å². The van der Waals surface area contributed by atoms with Gasteiger partial charge in [0.05, 0.1) is 12.5 Å². The van der Waals surface area contributed by atoms with E-state index in [0.717, 1.165) is 42.7 Å². The van der Waals surface area contributed by atoms with E-state index in [1.165, 1.54) is 0 Å². The Morgan fingerprint density at radius 3 is 2.59 bits per heavy atom. The Kier molecular flexibility index (Phi) is 10.4. The molecule has 41 heavy (non-hydrogen) atoms. The van der Waals surface area contributed by atoms with Crippen molar-refractivity contribution in [2.75, 3.05) is 37.5 Å². The van der Waals surface area contributed by atoms with Gasteiger partial charge in [0.1, 0.15) is 6.61 Å². The number of halogens is 2. The number of hydrogen-bond acceptors (Lipinski definition) is 8. The minimum absolute atomic E-state index is 0.0620. The van der Waals surface area contributed by atoms with E-state index < -0.39 is 17.6 Å². The first-order chi connectivity index (χ1) is 19.6. The second-order valence-electron chi connectivity index (χ2n) is 11.9. The van der Waals surface area contributed by atoms with E-state index in [2.05, 4.69) is 25.7 Å². The van der Waals surface area contributed by atoms with E-state index in [4.69, 9.17) is 16.4 Å². The monoisotopic (exact) mass is 589 g/mol. The number of aromatic nitrogens is 2. The molecular weight excluding hydrogens is 549 g/mol. The van der Waals surface area contributed by atoms with E-state index in [9.17, 15) is 9.59 Å². The maximum absolute atomic E-state index is 15.8. The summed E-state index contributed by atoms with van der Waals surface area (Å²) in [5.74, 6) is -1.44. The number of hydrazine groups is 1. The lowest BCUT2D eigenvalue weighted by atomic mass is 9.92. The molecule has 2 N–H and O–H groups in total. The van der Waals surface area contributed by atoms with Crippen LogP contribution in [-0.4, -0.2) is 71.0 Å². The lowest BCUT2D eigenvalue weighted by molar-refractivity contribution is -0.182. The van der Waals surface area contributed by atoms with Gasteiger partial charge in [0, 0.05) is 18.1 Å². The summed E-state index contributed by atoms with van der Waals surface area (Å²) >= 11 is 6.22. The number of carbonyl (C=O) groups is 2. The highest BCUT2D eigenvalue weighted by atomic mass is 35.5. The molecule has 1 aromatic heterocycles. The summed E-state index contributed by atoms with van der Waals surface area (Å²) < 4.78 is 15.8. The lowest BCUT2D eigenvalue weighted by Gasteiger charge is -2.32. The number of nitrogens with one attached hydrogen (secondary N) is 2. The summed E-state index contributed by atoms with van der Waals surface area (Å²) in [4.78, 5) is 43.1. The average Bonchev–Trinajstić information content (AvgIpc) is 3.57. The van der Waals surface area contributed by atoms with Gasteiger partial charge in [-0.05, 0) is 63.9 Å². The Hall–Kier alpha value is -3.02. The Bertz CT molecular complexity index is 1180. The third-order valence-electron chi connectivity index (χ3n) is 8.18. The van der Waals surface area contributed by atoms with Gasteiger partial charge in [-0.3, -0.25) is 25.3 Å². The number of anilines is 2. The number of amides is 2. The number of nitrogens with zero attached hydrogens (tertiary/aromatic N) is 5. The van der Waals surface area contributed by atoms with Gasteiger partial charge in [-0.1, -0.05) is 56.0 Å². The van der Waals surface area contributed by atoms with Crippen LogP contribution in [0.2, 0.25) is 5.28 Å². The Balaban J connectivity index is 1.46. The second kappa shape index (κ2) is 13.8. The molecule has 10 nitrogen and oxygen atoms in total. The predicted molar refractivity (Wildman–Crippen MR) is 156 cm³/mol. The highest BCUT2D eigenvalue weighted by Crippen LogP contribution is 2.37. The molecule has 1 aliphatic heterocycles. The molecule has 4 rings (SSSR count). The highest BCUT2D eigenvalue weighted by molar-refractivity contribution is 6.28. The van der Waals surface area contributed by atoms with Crippen LogP contribution in [0, 0.1) is 17.7 Å². The largest absolute Gasteiger partial charge is 0.347 e. The molecule has 2 amide bonds. The summed E-state index contributed by atoms with van der Waals surface area (Å²) in [6.07, 6.45) is 6.29. The smallest absolute Gasteiger partial charge is 0.243 e. The van der Waals surface area contributed by atoms with Gasteiger partial charge in [-0.15, -0.1) is 0 Å². The lowest BCUT2D eigenvalue weighted by Crippen LogP contribution is -2.42. The van der Waals surface area contributed by atoms with Gasteiger partial charge in [0.2, 0.25) is 23.4 Å². The van der Waals surface area contributed by atoms with Crippen LogP contribution in [0.15, 0.2) is 30.3 Å². The molecule has 2 heterocycles. The molecule has 1 unspecified atom stereocenters. The van der Waals surface area contributed by atoms with Crippen molar-refractivity contribution >= 4 is 35.6 Å². The van der Waals surface area contributed by atoms with Crippen LogP contribution in [0.4, 0.5) is 16.0 Å². The van der Waals surface area contributed by atoms with Crippen LogP contribution in [0.1, 0.15) is 57.9 Å². The first kappa shape index (κ1) is 30.9. The van der Waals surface area contributed by atoms with Crippen molar-refractivity contribution in [2.45, 2.75) is 70.6 Å². The summed E-state index contributed by atoms with van der Waals surface area (Å²) in [6, 6.07) is 9.70. The molecule has 12 heteroatoms. The molecule has 224 valence electrons. The zero-order chi connectivity index (χ0) is 29.6. The molecule has 2 fully saturated rings. The van der Waals surface area contributed by atoms with Crippen molar-refractivity contribution in [3.63, 3.8) is 0 Å². The van der Waals surface area contributed by atoms with Gasteiger partial charge >= 0.3 is 0 Å². The molecule has 0 radical (unpaired) electrons. The van der Waals surface area contributed by atoms with Crippen molar-refractivity contribution in [1.29, 1.82) is 0 Å². The van der Waals surface area contributed by atoms with Crippen molar-refractivity contribution in [3.05, 3.63) is 47.0 Å². The number of likely N-dealkylation sites (N-methyl/N-ethyl adjacent to an activating group) is 1. The summed E-state index contributed by atoms with van der Waals surface area (Å²) in [7, 11) is 3.99. The quantitative estimate of drug-likeness (QED) is 0.201. The fourth-order valence-corrected chi connectivity index (χ4v) is 5.97. The third kappa shape index (κ3) is 8.05. The number of hydroxylamine groups is 2. The van der Waals surface area contributed by atoms with Crippen molar-refractivity contribution < 1.29 is 18.8 Å². The number of hydrogen-bond donors (Lipinski definition) is 2. The van der Waals surface area contributed by atoms with E-state index in [0.29, 0.717) is 25.3 Å². The fourth-order valence-electron chi connectivity index (χ4n) is 5.81. The van der Waals surface area contributed by atoms with Gasteiger partial charge in [0.15, 0.2) is 11.6 Å². The minimum atomic E-state index is -0.699. The van der Waals surface area contributed by atoms with Gasteiger partial charge < -0.3 is 9.80 Å². The predicted octanol–water partition coefficient (Wildman–Crippen LogP) is 4.42. The Morgan fingerprint density at radius 1 is 1.24 bits per heavy atom. The van der Waals surface area contributed by atoms with Crippen molar-refractivity contribution in [3.8, 4) is 0 Å². The zero-order valence-electron chi connectivity index (χ0n) is 24.3. The average molecular weight is 590 g/mol. The van der Waals surface area contributed by atoms with E-state index in [1.54, 1.807) is 0 Å². The maximum atomic E-state index is 15.8. The first-order valence-corrected chi connectivity index (χ1v) is 14.6. The maximum Gasteiger partial charge on any atom is 0.243 e. The molecular formula is C29H41ClFN7O3. The van der Waals surface area contributed by atoms with E-state index in [1.807, 2.05) is 63.2 Å². The zero-order valence-corrected chi connectivity index (χ0v) is 25.0. The second-order valence-corrected chi connectivity index (χ2v) is 12.2. The van der Waals surface area contributed by atoms with Gasteiger partial charge in [0.25, 0.3) is 0 Å². The molecule has 2 aliphatic rings. The van der Waals surface area contributed by atoms with E-state index >= 15 is 4.39 Å². The van der Waals surface area contributed by atoms with Crippen molar-refractivity contribution in [1.82, 2.24) is 25.4 Å². The molecule has 0 spiro atoms. The fraction of sp³-hybridized carbons (Fsp3) is 0.586. The van der Waals surface area contributed by atoms with Crippen molar-refractivity contribution in [2.24, 2.45) is 11.8 Å². The normalized spacial score (nSPS) is 19.4. The van der Waals surface area contributed by atoms with Crippen LogP contribution in [0.3, 0.4) is 0 Å². The van der Waals surface area contributed by atoms with Crippen LogP contribution in [-0.2, 0) is 21.0 Å². The summed E-state index contributed by atoms with van der Waals surface area (Å²) in [6.45, 7) is 4.90. The molecule has 2 atom stereocenters. The van der Waals surface area contributed by atoms with Gasteiger partial charge in [-0.25, -0.2) is 5.06 Å². The Labute approximate surface area is 246 Å². The van der Waals surface area contributed by atoms with E-state index in [-0.39, 0.29) is 41.7 Å². The number of benzene rings is 1. The topological polar surface area (TPSA) is 103 Å². The molecule has 1 aromatic carbocycles. The summed E-state index contributed by atoms with van der Waals surface area (Å²) in [5.41, 5.74) is 5.79. The minimum Gasteiger partial charge on any atom is -0.347 e.